The minimum atomic E-state index is -0.341. The van der Waals surface area contributed by atoms with E-state index in [1.165, 1.54) is 22.6 Å². The molecular formula is C11H19NOS. The van der Waals surface area contributed by atoms with Crippen LogP contribution in [-0.4, -0.2) is 17.8 Å². The van der Waals surface area contributed by atoms with E-state index in [1.54, 1.807) is 0 Å². The molecule has 0 fully saturated rings. The second kappa shape index (κ2) is 6.17. The van der Waals surface area contributed by atoms with E-state index < -0.39 is 0 Å². The van der Waals surface area contributed by atoms with E-state index in [9.17, 15) is 5.11 Å². The Hall–Kier alpha value is -0.380. The van der Waals surface area contributed by atoms with Crippen molar-refractivity contribution in [2.24, 2.45) is 5.73 Å². The minimum absolute atomic E-state index is 0.341. The predicted octanol–water partition coefficient (Wildman–Crippen LogP) is 1.95. The van der Waals surface area contributed by atoms with Gasteiger partial charge in [-0.1, -0.05) is 13.3 Å². The van der Waals surface area contributed by atoms with Crippen LogP contribution in [0.1, 0.15) is 29.5 Å². The van der Waals surface area contributed by atoms with Crippen LogP contribution in [0.25, 0.3) is 0 Å². The van der Waals surface area contributed by atoms with Crippen LogP contribution in [-0.2, 0) is 12.8 Å². The van der Waals surface area contributed by atoms with Gasteiger partial charge in [0.15, 0.2) is 0 Å². The Bertz CT molecular complexity index is 260. The zero-order valence-electron chi connectivity index (χ0n) is 8.70. The third-order valence-corrected chi connectivity index (χ3v) is 3.41. The molecule has 0 amide bonds. The van der Waals surface area contributed by atoms with Gasteiger partial charge < -0.3 is 10.8 Å². The van der Waals surface area contributed by atoms with Gasteiger partial charge in [-0.2, -0.15) is 0 Å². The van der Waals surface area contributed by atoms with Crippen LogP contribution in [0.2, 0.25) is 0 Å². The molecule has 0 bridgehead atoms. The summed E-state index contributed by atoms with van der Waals surface area (Å²) in [7, 11) is 0. The summed E-state index contributed by atoms with van der Waals surface area (Å²) in [6, 6.07) is 4.36. The van der Waals surface area contributed by atoms with E-state index in [1.807, 2.05) is 11.3 Å². The number of aryl methyl sites for hydroxylation is 2. The number of aliphatic hydroxyl groups excluding tert-OH is 1. The summed E-state index contributed by atoms with van der Waals surface area (Å²) in [5.41, 5.74) is 5.34. The Labute approximate surface area is 89.8 Å². The Morgan fingerprint density at radius 1 is 1.36 bits per heavy atom. The summed E-state index contributed by atoms with van der Waals surface area (Å²) >= 11 is 1.86. The molecule has 0 saturated carbocycles. The first kappa shape index (κ1) is 11.7. The van der Waals surface area contributed by atoms with Crippen molar-refractivity contribution in [3.8, 4) is 0 Å². The maximum Gasteiger partial charge on any atom is 0.0665 e. The van der Waals surface area contributed by atoms with Crippen LogP contribution in [0.5, 0.6) is 0 Å². The third kappa shape index (κ3) is 3.78. The van der Waals surface area contributed by atoms with Gasteiger partial charge in [-0.15, -0.1) is 11.3 Å². The van der Waals surface area contributed by atoms with Gasteiger partial charge in [-0.25, -0.2) is 0 Å². The van der Waals surface area contributed by atoms with Crippen LogP contribution in [0.4, 0.5) is 0 Å². The molecule has 1 atom stereocenters. The lowest BCUT2D eigenvalue weighted by molar-refractivity contribution is 0.173. The Morgan fingerprint density at radius 3 is 2.57 bits per heavy atom. The van der Waals surface area contributed by atoms with Crippen LogP contribution in [0, 0.1) is 0 Å². The van der Waals surface area contributed by atoms with Gasteiger partial charge in [0.25, 0.3) is 0 Å². The van der Waals surface area contributed by atoms with Gasteiger partial charge in [-0.3, -0.25) is 0 Å². The normalized spacial score (nSPS) is 13.1. The second-order valence-corrected chi connectivity index (χ2v) is 4.80. The van der Waals surface area contributed by atoms with E-state index in [4.69, 9.17) is 5.73 Å². The molecule has 3 heteroatoms. The molecule has 14 heavy (non-hydrogen) atoms. The molecule has 0 aromatic carbocycles. The molecule has 1 unspecified atom stereocenters. The fraction of sp³-hybridized carbons (Fsp3) is 0.636. The lowest BCUT2D eigenvalue weighted by Gasteiger charge is -2.04. The van der Waals surface area contributed by atoms with Crippen molar-refractivity contribution in [1.29, 1.82) is 0 Å². The van der Waals surface area contributed by atoms with Crippen molar-refractivity contribution in [1.82, 2.24) is 0 Å². The number of nitrogens with two attached hydrogens (primary N) is 1. The van der Waals surface area contributed by atoms with E-state index in [-0.39, 0.29) is 6.10 Å². The molecule has 0 radical (unpaired) electrons. The quantitative estimate of drug-likeness (QED) is 0.758. The number of rotatable bonds is 6. The summed E-state index contributed by atoms with van der Waals surface area (Å²) in [6.07, 6.45) is 3.76. The Kier molecular flexibility index (Phi) is 5.15. The molecule has 1 aromatic rings. The van der Waals surface area contributed by atoms with Crippen molar-refractivity contribution in [3.05, 3.63) is 21.9 Å². The van der Waals surface area contributed by atoms with Gasteiger partial charge in [0, 0.05) is 16.3 Å². The summed E-state index contributed by atoms with van der Waals surface area (Å²) in [5, 5.41) is 9.31. The molecule has 1 aromatic heterocycles. The Morgan fingerprint density at radius 2 is 2.00 bits per heavy atom. The first-order valence-electron chi connectivity index (χ1n) is 5.22. The first-order chi connectivity index (χ1) is 6.76. The van der Waals surface area contributed by atoms with Crippen LogP contribution < -0.4 is 5.73 Å². The summed E-state index contributed by atoms with van der Waals surface area (Å²) in [4.78, 5) is 2.81. The number of hydrogen-bond donors (Lipinski definition) is 2. The fourth-order valence-electron chi connectivity index (χ4n) is 1.36. The van der Waals surface area contributed by atoms with Crippen molar-refractivity contribution < 1.29 is 5.11 Å². The molecular weight excluding hydrogens is 194 g/mol. The zero-order chi connectivity index (χ0) is 10.4. The number of hydrogen-bond acceptors (Lipinski definition) is 3. The molecule has 0 aliphatic heterocycles. The maximum absolute atomic E-state index is 9.31. The summed E-state index contributed by atoms with van der Waals surface area (Å²) in [5.74, 6) is 0. The highest BCUT2D eigenvalue weighted by atomic mass is 32.1. The molecule has 0 saturated heterocycles. The Balaban J connectivity index is 2.35. The predicted molar refractivity (Wildman–Crippen MR) is 61.7 cm³/mol. The lowest BCUT2D eigenvalue weighted by atomic mass is 10.2. The topological polar surface area (TPSA) is 46.2 Å². The SMILES string of the molecule is CCCc1ccc(CCC(O)CN)s1. The highest BCUT2D eigenvalue weighted by molar-refractivity contribution is 7.11. The molecule has 0 spiro atoms. The van der Waals surface area contributed by atoms with E-state index in [0.29, 0.717) is 6.54 Å². The van der Waals surface area contributed by atoms with Crippen molar-refractivity contribution >= 4 is 11.3 Å². The van der Waals surface area contributed by atoms with Gasteiger partial charge in [0.2, 0.25) is 0 Å². The average molecular weight is 213 g/mol. The van der Waals surface area contributed by atoms with Gasteiger partial charge >= 0.3 is 0 Å². The number of thiophene rings is 1. The molecule has 1 rings (SSSR count). The molecule has 3 N–H and O–H groups in total. The standard InChI is InChI=1S/C11H19NOS/c1-2-3-10-6-7-11(14-10)5-4-9(13)8-12/h6-7,9,13H,2-5,8,12H2,1H3. The van der Waals surface area contributed by atoms with E-state index >= 15 is 0 Å². The highest BCUT2D eigenvalue weighted by Crippen LogP contribution is 2.19. The van der Waals surface area contributed by atoms with Gasteiger partial charge in [0.05, 0.1) is 6.10 Å². The maximum atomic E-state index is 9.31. The van der Waals surface area contributed by atoms with Gasteiger partial charge in [-0.05, 0) is 31.4 Å². The third-order valence-electron chi connectivity index (χ3n) is 2.21. The summed E-state index contributed by atoms with van der Waals surface area (Å²) in [6.45, 7) is 2.56. The second-order valence-electron chi connectivity index (χ2n) is 3.55. The van der Waals surface area contributed by atoms with Crippen molar-refractivity contribution in [2.45, 2.75) is 38.7 Å². The summed E-state index contributed by atoms with van der Waals surface area (Å²) < 4.78 is 0. The molecule has 2 nitrogen and oxygen atoms in total. The highest BCUT2D eigenvalue weighted by Gasteiger charge is 2.04. The van der Waals surface area contributed by atoms with Crippen LogP contribution >= 0.6 is 11.3 Å². The van der Waals surface area contributed by atoms with Crippen LogP contribution in [0.15, 0.2) is 12.1 Å². The molecule has 0 aliphatic carbocycles. The average Bonchev–Trinajstić information content (AvgIpc) is 2.63. The smallest absolute Gasteiger partial charge is 0.0665 e. The monoisotopic (exact) mass is 213 g/mol. The minimum Gasteiger partial charge on any atom is -0.392 e. The lowest BCUT2D eigenvalue weighted by Crippen LogP contribution is -2.19. The fourth-order valence-corrected chi connectivity index (χ4v) is 2.50. The number of aliphatic hydroxyl groups is 1. The zero-order valence-corrected chi connectivity index (χ0v) is 9.52. The van der Waals surface area contributed by atoms with Crippen molar-refractivity contribution in [2.75, 3.05) is 6.54 Å². The molecule has 80 valence electrons. The van der Waals surface area contributed by atoms with Crippen molar-refractivity contribution in [3.63, 3.8) is 0 Å². The van der Waals surface area contributed by atoms with E-state index in [2.05, 4.69) is 19.1 Å². The largest absolute Gasteiger partial charge is 0.392 e. The van der Waals surface area contributed by atoms with Crippen LogP contribution in [0.3, 0.4) is 0 Å². The molecule has 1 heterocycles. The van der Waals surface area contributed by atoms with E-state index in [0.717, 1.165) is 12.8 Å². The first-order valence-corrected chi connectivity index (χ1v) is 6.03. The molecule has 0 aliphatic rings. The van der Waals surface area contributed by atoms with Gasteiger partial charge in [0.1, 0.15) is 0 Å².